The third-order valence-corrected chi connectivity index (χ3v) is 3.92. The number of halogens is 1. The molecule has 2 heteroatoms. The Morgan fingerprint density at radius 3 is 2.25 bits per heavy atom. The Hall–Kier alpha value is -1.67. The number of likely N-dealkylation sites (N-methyl/N-ethyl adjacent to an activating group) is 1. The summed E-state index contributed by atoms with van der Waals surface area (Å²) in [5, 5.41) is 3.36. The van der Waals surface area contributed by atoms with E-state index in [9.17, 15) is 4.39 Å². The van der Waals surface area contributed by atoms with Crippen LogP contribution >= 0.6 is 0 Å². The molecule has 2 atom stereocenters. The van der Waals surface area contributed by atoms with Crippen molar-refractivity contribution >= 4 is 0 Å². The van der Waals surface area contributed by atoms with Crippen LogP contribution in [0.1, 0.15) is 30.4 Å². The summed E-state index contributed by atoms with van der Waals surface area (Å²) in [4.78, 5) is 0. The lowest BCUT2D eigenvalue weighted by Gasteiger charge is -2.26. The van der Waals surface area contributed by atoms with Gasteiger partial charge in [0, 0.05) is 6.04 Å². The molecule has 0 fully saturated rings. The van der Waals surface area contributed by atoms with Crippen molar-refractivity contribution in [2.45, 2.75) is 31.7 Å². The molecule has 0 radical (unpaired) electrons. The molecule has 0 saturated carbocycles. The van der Waals surface area contributed by atoms with Crippen LogP contribution in [0, 0.1) is 5.82 Å². The average Bonchev–Trinajstić information content (AvgIpc) is 2.50. The molecule has 106 valence electrons. The van der Waals surface area contributed by atoms with E-state index in [0.29, 0.717) is 12.3 Å². The highest BCUT2D eigenvalue weighted by Crippen LogP contribution is 2.26. The molecule has 0 spiro atoms. The SMILES string of the molecule is CCC(c1ccccc1)C(Cc1ccccc1F)NC. The highest BCUT2D eigenvalue weighted by Gasteiger charge is 2.21. The van der Waals surface area contributed by atoms with Crippen molar-refractivity contribution in [1.82, 2.24) is 5.32 Å². The standard InChI is InChI=1S/C18H22FN/c1-3-16(14-9-5-4-6-10-14)18(20-2)13-15-11-7-8-12-17(15)19/h4-12,16,18,20H,3,13H2,1-2H3. The minimum atomic E-state index is -0.115. The predicted molar refractivity (Wildman–Crippen MR) is 82.4 cm³/mol. The van der Waals surface area contributed by atoms with Gasteiger partial charge >= 0.3 is 0 Å². The van der Waals surface area contributed by atoms with Crippen LogP contribution in [0.2, 0.25) is 0 Å². The third kappa shape index (κ3) is 3.45. The van der Waals surface area contributed by atoms with E-state index in [1.54, 1.807) is 6.07 Å². The molecule has 2 aromatic carbocycles. The fourth-order valence-electron chi connectivity index (χ4n) is 2.80. The van der Waals surface area contributed by atoms with Gasteiger partial charge in [0.1, 0.15) is 5.82 Å². The summed E-state index contributed by atoms with van der Waals surface area (Å²) in [6, 6.07) is 17.7. The van der Waals surface area contributed by atoms with E-state index < -0.39 is 0 Å². The Kier molecular flexibility index (Phi) is 5.31. The van der Waals surface area contributed by atoms with Gasteiger partial charge in [-0.25, -0.2) is 4.39 Å². The molecular weight excluding hydrogens is 249 g/mol. The number of rotatable bonds is 6. The van der Waals surface area contributed by atoms with Crippen LogP contribution in [0.3, 0.4) is 0 Å². The first kappa shape index (κ1) is 14.7. The molecule has 0 aliphatic carbocycles. The first-order valence-corrected chi connectivity index (χ1v) is 7.21. The highest BCUT2D eigenvalue weighted by atomic mass is 19.1. The second-order valence-corrected chi connectivity index (χ2v) is 5.12. The molecule has 0 bridgehead atoms. The van der Waals surface area contributed by atoms with Crippen LogP contribution in [0.25, 0.3) is 0 Å². The van der Waals surface area contributed by atoms with Crippen LogP contribution < -0.4 is 5.32 Å². The van der Waals surface area contributed by atoms with Gasteiger partial charge in [-0.1, -0.05) is 55.5 Å². The quantitative estimate of drug-likeness (QED) is 0.832. The lowest BCUT2D eigenvalue weighted by Crippen LogP contribution is -2.34. The van der Waals surface area contributed by atoms with E-state index >= 15 is 0 Å². The van der Waals surface area contributed by atoms with Gasteiger partial charge in [0.2, 0.25) is 0 Å². The predicted octanol–water partition coefficient (Wildman–Crippen LogP) is 4.15. The van der Waals surface area contributed by atoms with Crippen molar-refractivity contribution in [3.05, 3.63) is 71.5 Å². The molecule has 2 rings (SSSR count). The third-order valence-electron chi connectivity index (χ3n) is 3.92. The Morgan fingerprint density at radius 1 is 1.00 bits per heavy atom. The Bertz CT molecular complexity index is 524. The lowest BCUT2D eigenvalue weighted by molar-refractivity contribution is 0.441. The monoisotopic (exact) mass is 271 g/mol. The fourth-order valence-corrected chi connectivity index (χ4v) is 2.80. The number of hydrogen-bond acceptors (Lipinski definition) is 1. The van der Waals surface area contributed by atoms with Crippen molar-refractivity contribution < 1.29 is 4.39 Å². The normalized spacial score (nSPS) is 13.9. The minimum absolute atomic E-state index is 0.115. The summed E-state index contributed by atoms with van der Waals surface area (Å²) in [7, 11) is 1.96. The van der Waals surface area contributed by atoms with Crippen LogP contribution in [0.4, 0.5) is 4.39 Å². The van der Waals surface area contributed by atoms with Crippen molar-refractivity contribution in [2.24, 2.45) is 0 Å². The van der Waals surface area contributed by atoms with Crippen LogP contribution in [0.15, 0.2) is 54.6 Å². The van der Waals surface area contributed by atoms with Crippen molar-refractivity contribution in [1.29, 1.82) is 0 Å². The lowest BCUT2D eigenvalue weighted by atomic mass is 9.85. The van der Waals surface area contributed by atoms with Gasteiger partial charge in [-0.05, 0) is 43.0 Å². The van der Waals surface area contributed by atoms with E-state index in [1.807, 2.05) is 25.2 Å². The smallest absolute Gasteiger partial charge is 0.126 e. The van der Waals surface area contributed by atoms with Crippen molar-refractivity contribution in [3.8, 4) is 0 Å². The van der Waals surface area contributed by atoms with Gasteiger partial charge in [-0.2, -0.15) is 0 Å². The van der Waals surface area contributed by atoms with Gasteiger partial charge in [0.25, 0.3) is 0 Å². The Morgan fingerprint density at radius 2 is 1.65 bits per heavy atom. The molecule has 20 heavy (non-hydrogen) atoms. The fraction of sp³-hybridized carbons (Fsp3) is 0.333. The van der Waals surface area contributed by atoms with E-state index in [2.05, 4.69) is 36.5 Å². The Balaban J connectivity index is 2.20. The molecule has 1 nitrogen and oxygen atoms in total. The maximum absolute atomic E-state index is 13.8. The second-order valence-electron chi connectivity index (χ2n) is 5.12. The van der Waals surface area contributed by atoms with Crippen molar-refractivity contribution in [2.75, 3.05) is 7.05 Å². The molecule has 1 N–H and O–H groups in total. The van der Waals surface area contributed by atoms with E-state index in [1.165, 1.54) is 11.6 Å². The zero-order valence-corrected chi connectivity index (χ0v) is 12.1. The topological polar surface area (TPSA) is 12.0 Å². The first-order chi connectivity index (χ1) is 9.76. The summed E-state index contributed by atoms with van der Waals surface area (Å²) in [5.41, 5.74) is 2.09. The zero-order valence-electron chi connectivity index (χ0n) is 12.1. The number of hydrogen-bond donors (Lipinski definition) is 1. The van der Waals surface area contributed by atoms with E-state index in [0.717, 1.165) is 12.0 Å². The summed E-state index contributed by atoms with van der Waals surface area (Å²) in [5.74, 6) is 0.275. The molecule has 0 aliphatic heterocycles. The van der Waals surface area contributed by atoms with E-state index in [4.69, 9.17) is 0 Å². The molecule has 0 saturated heterocycles. The Labute approximate surface area is 120 Å². The second kappa shape index (κ2) is 7.20. The molecule has 2 aromatic rings. The van der Waals surface area contributed by atoms with E-state index in [-0.39, 0.29) is 11.9 Å². The summed E-state index contributed by atoms with van der Waals surface area (Å²) in [6.07, 6.45) is 1.74. The van der Waals surface area contributed by atoms with Crippen LogP contribution in [0.5, 0.6) is 0 Å². The summed E-state index contributed by atoms with van der Waals surface area (Å²) >= 11 is 0. The maximum Gasteiger partial charge on any atom is 0.126 e. The van der Waals surface area contributed by atoms with Crippen molar-refractivity contribution in [3.63, 3.8) is 0 Å². The summed E-state index contributed by atoms with van der Waals surface area (Å²) < 4.78 is 13.8. The molecular formula is C18H22FN. The van der Waals surface area contributed by atoms with Gasteiger partial charge in [-0.15, -0.1) is 0 Å². The first-order valence-electron chi connectivity index (χ1n) is 7.21. The average molecular weight is 271 g/mol. The molecule has 2 unspecified atom stereocenters. The van der Waals surface area contributed by atoms with Gasteiger partial charge in [0.15, 0.2) is 0 Å². The molecule has 0 heterocycles. The van der Waals surface area contributed by atoms with Gasteiger partial charge in [0.05, 0.1) is 0 Å². The molecule has 0 aliphatic rings. The van der Waals surface area contributed by atoms with Gasteiger partial charge < -0.3 is 5.32 Å². The highest BCUT2D eigenvalue weighted by molar-refractivity contribution is 5.24. The summed E-state index contributed by atoms with van der Waals surface area (Å²) in [6.45, 7) is 2.18. The molecule has 0 amide bonds. The largest absolute Gasteiger partial charge is 0.316 e. The number of nitrogens with one attached hydrogen (secondary N) is 1. The maximum atomic E-state index is 13.8. The van der Waals surface area contributed by atoms with Gasteiger partial charge in [-0.3, -0.25) is 0 Å². The minimum Gasteiger partial charge on any atom is -0.316 e. The molecule has 0 aromatic heterocycles. The number of benzene rings is 2. The zero-order chi connectivity index (χ0) is 14.4. The van der Waals surface area contributed by atoms with Crippen LogP contribution in [-0.2, 0) is 6.42 Å². The van der Waals surface area contributed by atoms with Crippen LogP contribution in [-0.4, -0.2) is 13.1 Å².